The predicted molar refractivity (Wildman–Crippen MR) is 104 cm³/mol. The van der Waals surface area contributed by atoms with Crippen molar-refractivity contribution >= 4 is 39.8 Å². The van der Waals surface area contributed by atoms with Gasteiger partial charge in [-0.3, -0.25) is 4.99 Å². The smallest absolute Gasteiger partial charge is 0.191 e. The number of nitrogens with one attached hydrogen (secondary N) is 2. The number of sulfone groups is 1. The highest BCUT2D eigenvalue weighted by atomic mass is 127. The minimum absolute atomic E-state index is 0. The topological polar surface area (TPSA) is 79.8 Å². The van der Waals surface area contributed by atoms with Crippen molar-refractivity contribution in [3.8, 4) is 0 Å². The number of nitrogens with zero attached hydrogens (tertiary/aromatic N) is 1. The summed E-state index contributed by atoms with van der Waals surface area (Å²) in [6.45, 7) is 6.43. The summed E-state index contributed by atoms with van der Waals surface area (Å²) in [6.07, 6.45) is 4.00. The van der Waals surface area contributed by atoms with Crippen LogP contribution in [0.4, 0.5) is 0 Å². The maximum absolute atomic E-state index is 11.5. The van der Waals surface area contributed by atoms with Crippen LogP contribution < -0.4 is 10.6 Å². The minimum Gasteiger partial charge on any atom is -0.378 e. The first kappa shape index (κ1) is 21.0. The first-order valence-electron chi connectivity index (χ1n) is 8.35. The van der Waals surface area contributed by atoms with E-state index in [2.05, 4.69) is 29.5 Å². The Morgan fingerprint density at radius 2 is 2.13 bits per heavy atom. The first-order valence-corrected chi connectivity index (χ1v) is 10.2. The van der Waals surface area contributed by atoms with Gasteiger partial charge in [-0.15, -0.1) is 24.0 Å². The molecule has 6 nitrogen and oxygen atoms in total. The summed E-state index contributed by atoms with van der Waals surface area (Å²) in [7, 11) is -2.82. The van der Waals surface area contributed by atoms with E-state index in [-0.39, 0.29) is 41.8 Å². The minimum atomic E-state index is -2.82. The fourth-order valence-electron chi connectivity index (χ4n) is 2.95. The van der Waals surface area contributed by atoms with E-state index in [0.717, 1.165) is 44.8 Å². The highest BCUT2D eigenvalue weighted by Crippen LogP contribution is 2.18. The van der Waals surface area contributed by atoms with E-state index in [4.69, 9.17) is 4.74 Å². The van der Waals surface area contributed by atoms with Crippen molar-refractivity contribution < 1.29 is 13.2 Å². The van der Waals surface area contributed by atoms with Gasteiger partial charge in [0.15, 0.2) is 15.8 Å². The molecule has 2 fully saturated rings. The van der Waals surface area contributed by atoms with Gasteiger partial charge in [-0.1, -0.05) is 6.92 Å². The number of halogens is 1. The van der Waals surface area contributed by atoms with Crippen molar-refractivity contribution in [2.45, 2.75) is 51.7 Å². The second-order valence-electron chi connectivity index (χ2n) is 6.43. The lowest BCUT2D eigenvalue weighted by Gasteiger charge is -2.29. The van der Waals surface area contributed by atoms with Crippen LogP contribution >= 0.6 is 24.0 Å². The molecule has 3 unspecified atom stereocenters. The Labute approximate surface area is 157 Å². The average Bonchev–Trinajstić information content (AvgIpc) is 2.81. The molecule has 3 atom stereocenters. The Morgan fingerprint density at radius 3 is 2.74 bits per heavy atom. The van der Waals surface area contributed by atoms with Gasteiger partial charge in [0, 0.05) is 25.7 Å². The molecule has 0 aromatic rings. The summed E-state index contributed by atoms with van der Waals surface area (Å²) in [5.41, 5.74) is 0. The molecule has 0 saturated carbocycles. The normalized spacial score (nSPS) is 30.5. The predicted octanol–water partition coefficient (Wildman–Crippen LogP) is 1.55. The Morgan fingerprint density at radius 1 is 1.35 bits per heavy atom. The third kappa shape index (κ3) is 7.55. The molecule has 0 radical (unpaired) electrons. The highest BCUT2D eigenvalue weighted by Gasteiger charge is 2.27. The van der Waals surface area contributed by atoms with Crippen LogP contribution in [-0.2, 0) is 14.6 Å². The third-order valence-corrected chi connectivity index (χ3v) is 6.04. The summed E-state index contributed by atoms with van der Waals surface area (Å²) in [4.78, 5) is 4.62. The van der Waals surface area contributed by atoms with Gasteiger partial charge in [-0.05, 0) is 38.5 Å². The van der Waals surface area contributed by atoms with Crippen molar-refractivity contribution in [1.29, 1.82) is 0 Å². The van der Waals surface area contributed by atoms with E-state index in [9.17, 15) is 8.42 Å². The van der Waals surface area contributed by atoms with E-state index < -0.39 is 9.84 Å². The molecule has 2 N–H and O–H groups in total. The second-order valence-corrected chi connectivity index (χ2v) is 8.66. The maximum Gasteiger partial charge on any atom is 0.191 e. The molecule has 0 spiro atoms. The molecule has 0 bridgehead atoms. The van der Waals surface area contributed by atoms with E-state index in [1.165, 1.54) is 0 Å². The van der Waals surface area contributed by atoms with Crippen molar-refractivity contribution in [2.75, 3.05) is 31.2 Å². The first-order chi connectivity index (χ1) is 10.5. The molecule has 2 aliphatic heterocycles. The summed E-state index contributed by atoms with van der Waals surface area (Å²) < 4.78 is 28.6. The van der Waals surface area contributed by atoms with Crippen LogP contribution in [0.3, 0.4) is 0 Å². The molecule has 0 aromatic heterocycles. The number of guanidine groups is 1. The van der Waals surface area contributed by atoms with Gasteiger partial charge in [0.1, 0.15) is 0 Å². The van der Waals surface area contributed by atoms with Crippen molar-refractivity contribution in [3.63, 3.8) is 0 Å². The number of aliphatic imine (C=N–C) groups is 1. The lowest BCUT2D eigenvalue weighted by Crippen LogP contribution is -2.47. The van der Waals surface area contributed by atoms with E-state index >= 15 is 0 Å². The van der Waals surface area contributed by atoms with E-state index in [1.807, 2.05) is 0 Å². The molecule has 136 valence electrons. The molecule has 2 rings (SSSR count). The van der Waals surface area contributed by atoms with Crippen molar-refractivity contribution in [1.82, 2.24) is 10.6 Å². The lowest BCUT2D eigenvalue weighted by atomic mass is 10.0. The Balaban J connectivity index is 0.00000264. The fraction of sp³-hybridized carbons (Fsp3) is 0.933. The van der Waals surface area contributed by atoms with Crippen LogP contribution in [0.25, 0.3) is 0 Å². The van der Waals surface area contributed by atoms with Crippen LogP contribution in [0, 0.1) is 5.92 Å². The van der Waals surface area contributed by atoms with Crippen LogP contribution in [0.5, 0.6) is 0 Å². The number of hydrogen-bond donors (Lipinski definition) is 2. The quantitative estimate of drug-likeness (QED) is 0.371. The molecule has 0 aromatic carbocycles. The number of hydrogen-bond acceptors (Lipinski definition) is 4. The molecule has 8 heteroatoms. The average molecular weight is 459 g/mol. The molecular formula is C15H30IN3O3S. The lowest BCUT2D eigenvalue weighted by molar-refractivity contribution is 0.0165. The zero-order valence-corrected chi connectivity index (χ0v) is 17.2. The van der Waals surface area contributed by atoms with Crippen LogP contribution in [0.15, 0.2) is 4.99 Å². The van der Waals surface area contributed by atoms with Gasteiger partial charge in [-0.25, -0.2) is 8.42 Å². The van der Waals surface area contributed by atoms with Gasteiger partial charge >= 0.3 is 0 Å². The fourth-order valence-corrected chi connectivity index (χ4v) is 4.80. The third-order valence-electron chi connectivity index (χ3n) is 4.20. The summed E-state index contributed by atoms with van der Waals surface area (Å²) in [5, 5.41) is 6.80. The molecule has 2 heterocycles. The van der Waals surface area contributed by atoms with Gasteiger partial charge in [-0.2, -0.15) is 0 Å². The second kappa shape index (κ2) is 10.0. The highest BCUT2D eigenvalue weighted by molar-refractivity contribution is 14.0. The Bertz CT molecular complexity index is 484. The zero-order chi connectivity index (χ0) is 16.0. The molecular weight excluding hydrogens is 429 g/mol. The largest absolute Gasteiger partial charge is 0.378 e. The molecule has 2 saturated heterocycles. The Hall–Kier alpha value is -0.0900. The van der Waals surface area contributed by atoms with Crippen LogP contribution in [-0.4, -0.2) is 57.7 Å². The molecule has 0 amide bonds. The standard InChI is InChI=1S/C15H29N3O3S.HI/c1-3-6-16-15(18-14-4-7-21-12(2)9-14)17-10-13-5-8-22(19,20)11-13;/h12-14H,3-11H2,1-2H3,(H2,16,17,18);1H. The van der Waals surface area contributed by atoms with Crippen LogP contribution in [0.2, 0.25) is 0 Å². The van der Waals surface area contributed by atoms with Crippen molar-refractivity contribution in [2.24, 2.45) is 10.9 Å². The number of ether oxygens (including phenoxy) is 1. The van der Waals surface area contributed by atoms with E-state index in [1.54, 1.807) is 0 Å². The summed E-state index contributed by atoms with van der Waals surface area (Å²) in [5.74, 6) is 1.57. The summed E-state index contributed by atoms with van der Waals surface area (Å²) >= 11 is 0. The van der Waals surface area contributed by atoms with E-state index in [0.29, 0.717) is 18.3 Å². The maximum atomic E-state index is 11.5. The molecule has 2 aliphatic rings. The van der Waals surface area contributed by atoms with Gasteiger partial charge < -0.3 is 15.4 Å². The van der Waals surface area contributed by atoms with Crippen molar-refractivity contribution in [3.05, 3.63) is 0 Å². The summed E-state index contributed by atoms with van der Waals surface area (Å²) in [6, 6.07) is 0.374. The molecule has 23 heavy (non-hydrogen) atoms. The van der Waals surface area contributed by atoms with Crippen LogP contribution in [0.1, 0.15) is 39.5 Å². The van der Waals surface area contributed by atoms with Gasteiger partial charge in [0.05, 0.1) is 17.6 Å². The number of rotatable bonds is 5. The SMILES string of the molecule is CCCNC(=NCC1CCS(=O)(=O)C1)NC1CCOC(C)C1.I. The van der Waals surface area contributed by atoms with Gasteiger partial charge in [0.2, 0.25) is 0 Å². The monoisotopic (exact) mass is 459 g/mol. The molecule has 0 aliphatic carbocycles. The zero-order valence-electron chi connectivity index (χ0n) is 14.1. The Kier molecular flexibility index (Phi) is 9.13. The van der Waals surface area contributed by atoms with Gasteiger partial charge in [0.25, 0.3) is 0 Å².